The van der Waals surface area contributed by atoms with Crippen molar-refractivity contribution in [2.45, 2.75) is 37.1 Å². The van der Waals surface area contributed by atoms with Gasteiger partial charge in [0.05, 0.1) is 22.9 Å². The fraction of sp³-hybridized carbons (Fsp3) is 0.529. The number of rotatable bonds is 6. The zero-order chi connectivity index (χ0) is 19.5. The summed E-state index contributed by atoms with van der Waals surface area (Å²) < 4.78 is 43.1. The summed E-state index contributed by atoms with van der Waals surface area (Å²) in [6, 6.07) is 4.57. The highest BCUT2D eigenvalue weighted by Gasteiger charge is 2.50. The van der Waals surface area contributed by atoms with E-state index in [0.717, 1.165) is 31.4 Å². The zero-order valence-electron chi connectivity index (χ0n) is 14.6. The maximum absolute atomic E-state index is 12.7. The molecule has 1 amide bonds. The molecule has 0 unspecified atom stereocenters. The van der Waals surface area contributed by atoms with Crippen LogP contribution >= 0.6 is 11.6 Å². The average Bonchev–Trinajstić information content (AvgIpc) is 2.56. The summed E-state index contributed by atoms with van der Waals surface area (Å²) in [6.45, 7) is 0.0127. The van der Waals surface area contributed by atoms with E-state index in [4.69, 9.17) is 16.3 Å². The minimum absolute atomic E-state index is 0.0109. The Bertz CT molecular complexity index is 664. The molecule has 1 atom stereocenters. The predicted octanol–water partition coefficient (Wildman–Crippen LogP) is 2.31. The number of hydrogen-bond donors (Lipinski definition) is 0. The molecule has 0 N–H and O–H groups in total. The molecule has 0 saturated heterocycles. The summed E-state index contributed by atoms with van der Waals surface area (Å²) in [4.78, 5) is 26.4. The molecule has 0 bridgehead atoms. The van der Waals surface area contributed by atoms with E-state index in [-0.39, 0.29) is 18.3 Å². The number of esters is 1. The smallest absolute Gasteiger partial charge is 0.416 e. The highest BCUT2D eigenvalue weighted by molar-refractivity contribution is 6.31. The molecule has 0 spiro atoms. The van der Waals surface area contributed by atoms with Crippen LogP contribution in [-0.2, 0) is 27.0 Å². The third-order valence-electron chi connectivity index (χ3n) is 5.10. The van der Waals surface area contributed by atoms with Gasteiger partial charge in [0.2, 0.25) is 5.91 Å². The molecule has 9 heteroatoms. The van der Waals surface area contributed by atoms with E-state index >= 15 is 0 Å². The lowest BCUT2D eigenvalue weighted by Gasteiger charge is -2.47. The van der Waals surface area contributed by atoms with E-state index in [1.807, 2.05) is 0 Å². The maximum atomic E-state index is 12.7. The first-order chi connectivity index (χ1) is 12.1. The first kappa shape index (κ1) is 20.8. The van der Waals surface area contributed by atoms with Gasteiger partial charge in [0, 0.05) is 6.54 Å². The first-order valence-electron chi connectivity index (χ1n) is 8.25. The van der Waals surface area contributed by atoms with Gasteiger partial charge in [-0.2, -0.15) is 13.2 Å². The van der Waals surface area contributed by atoms with E-state index in [1.54, 1.807) is 0 Å². The first-order valence-corrected chi connectivity index (χ1v) is 9.79. The van der Waals surface area contributed by atoms with E-state index in [2.05, 4.69) is 0 Å². The van der Waals surface area contributed by atoms with Crippen LogP contribution in [0.5, 0.6) is 0 Å². The number of benzene rings is 1. The van der Waals surface area contributed by atoms with Crippen molar-refractivity contribution in [2.24, 2.45) is 5.92 Å². The van der Waals surface area contributed by atoms with Crippen LogP contribution in [0.2, 0.25) is 0 Å². The molecule has 1 aliphatic rings. The number of nitrogens with zero attached hydrogens (tertiary/aromatic N) is 1. The van der Waals surface area contributed by atoms with Gasteiger partial charge in [0.25, 0.3) is 0 Å². The van der Waals surface area contributed by atoms with Gasteiger partial charge < -0.3 is 9.64 Å². The summed E-state index contributed by atoms with van der Waals surface area (Å²) in [5, 5.41) is -1.07. The third-order valence-corrected chi connectivity index (χ3v) is 7.09. The van der Waals surface area contributed by atoms with Gasteiger partial charge in [-0.15, -0.1) is 11.6 Å². The SMILES string of the molecule is COC(=O)[C@@]([SiH3])(C1CCC1)N(Cc1ccc(C(F)(F)F)cc1)C(=O)CCl. The Labute approximate surface area is 158 Å². The number of alkyl halides is 4. The van der Waals surface area contributed by atoms with Crippen LogP contribution in [0.1, 0.15) is 30.4 Å². The number of hydrogen-bond acceptors (Lipinski definition) is 3. The highest BCUT2D eigenvalue weighted by atomic mass is 35.5. The van der Waals surface area contributed by atoms with Gasteiger partial charge in [0.15, 0.2) is 0 Å². The molecule has 1 aromatic carbocycles. The summed E-state index contributed by atoms with van der Waals surface area (Å²) in [5.41, 5.74) is -0.263. The Kier molecular flexibility index (Phi) is 6.39. The van der Waals surface area contributed by atoms with Gasteiger partial charge in [-0.1, -0.05) is 18.6 Å². The standard InChI is InChI=1S/C17H21ClF3NO3Si/c1-25-15(24)16(26,12-3-2-4-12)22(14(23)9-18)10-11-5-7-13(8-6-11)17(19,20)21/h5-8,12H,2-4,9-10H2,1,26H3/t16-/m0/s1. The van der Waals surface area contributed by atoms with E-state index in [1.165, 1.54) is 24.1 Å². The molecule has 1 fully saturated rings. The second kappa shape index (κ2) is 8.00. The lowest BCUT2D eigenvalue weighted by molar-refractivity contribution is -0.161. The van der Waals surface area contributed by atoms with E-state index < -0.39 is 28.8 Å². The molecule has 2 rings (SSSR count). The fourth-order valence-electron chi connectivity index (χ4n) is 3.24. The number of amides is 1. The Balaban J connectivity index is 2.34. The lowest BCUT2D eigenvalue weighted by Crippen LogP contribution is -2.63. The number of halogens is 4. The molecule has 26 heavy (non-hydrogen) atoms. The van der Waals surface area contributed by atoms with Crippen molar-refractivity contribution in [1.29, 1.82) is 0 Å². The van der Waals surface area contributed by atoms with Crippen LogP contribution in [0.15, 0.2) is 24.3 Å². The third kappa shape index (κ3) is 4.06. The molecular weight excluding hydrogens is 387 g/mol. The van der Waals surface area contributed by atoms with Crippen LogP contribution in [-0.4, -0.2) is 45.2 Å². The molecular formula is C17H21ClF3NO3Si. The Hall–Kier alpha value is -1.54. The van der Waals surface area contributed by atoms with Crippen LogP contribution in [0.3, 0.4) is 0 Å². The molecule has 144 valence electrons. The molecule has 1 aromatic rings. The van der Waals surface area contributed by atoms with E-state index in [0.29, 0.717) is 15.8 Å². The Morgan fingerprint density at radius 2 is 1.85 bits per heavy atom. The second-order valence-corrected chi connectivity index (χ2v) is 8.37. The number of methoxy groups -OCH3 is 1. The molecule has 1 saturated carbocycles. The van der Waals surface area contributed by atoms with Gasteiger partial charge in [0.1, 0.15) is 11.0 Å². The minimum atomic E-state index is -4.43. The van der Waals surface area contributed by atoms with Gasteiger partial charge in [-0.3, -0.25) is 4.79 Å². The second-order valence-electron chi connectivity index (χ2n) is 6.58. The summed E-state index contributed by atoms with van der Waals surface area (Å²) in [5.74, 6) is -1.24. The Morgan fingerprint density at radius 3 is 2.23 bits per heavy atom. The van der Waals surface area contributed by atoms with Crippen molar-refractivity contribution in [2.75, 3.05) is 13.0 Å². The molecule has 0 aliphatic heterocycles. The van der Waals surface area contributed by atoms with Crippen molar-refractivity contribution in [3.05, 3.63) is 35.4 Å². The molecule has 1 aliphatic carbocycles. The monoisotopic (exact) mass is 407 g/mol. The van der Waals surface area contributed by atoms with Crippen LogP contribution in [0, 0.1) is 5.92 Å². The largest absolute Gasteiger partial charge is 0.468 e. The Morgan fingerprint density at radius 1 is 1.27 bits per heavy atom. The number of ether oxygens (including phenoxy) is 1. The zero-order valence-corrected chi connectivity index (χ0v) is 17.4. The van der Waals surface area contributed by atoms with Gasteiger partial charge in [-0.05, 0) is 36.5 Å². The van der Waals surface area contributed by atoms with Crippen molar-refractivity contribution in [3.8, 4) is 0 Å². The van der Waals surface area contributed by atoms with Crippen molar-refractivity contribution in [1.82, 2.24) is 4.90 Å². The van der Waals surface area contributed by atoms with Gasteiger partial charge in [-0.25, -0.2) is 4.79 Å². The van der Waals surface area contributed by atoms with Crippen LogP contribution < -0.4 is 0 Å². The lowest BCUT2D eigenvalue weighted by atomic mass is 9.78. The highest BCUT2D eigenvalue weighted by Crippen LogP contribution is 2.40. The minimum Gasteiger partial charge on any atom is -0.468 e. The summed E-state index contributed by atoms with van der Waals surface area (Å²) >= 11 is 5.74. The van der Waals surface area contributed by atoms with Gasteiger partial charge >= 0.3 is 12.1 Å². The number of carbonyl (C=O) groups excluding carboxylic acids is 2. The average molecular weight is 408 g/mol. The van der Waals surface area contributed by atoms with Crippen molar-refractivity contribution in [3.63, 3.8) is 0 Å². The predicted molar refractivity (Wildman–Crippen MR) is 94.7 cm³/mol. The number of carbonyl (C=O) groups is 2. The van der Waals surface area contributed by atoms with Crippen LogP contribution in [0.4, 0.5) is 13.2 Å². The molecule has 4 nitrogen and oxygen atoms in total. The van der Waals surface area contributed by atoms with Crippen molar-refractivity contribution < 1.29 is 27.5 Å². The van der Waals surface area contributed by atoms with Crippen LogP contribution in [0.25, 0.3) is 0 Å². The fourth-order valence-corrected chi connectivity index (χ4v) is 4.57. The quantitative estimate of drug-likeness (QED) is 0.413. The molecule has 0 radical (unpaired) electrons. The topological polar surface area (TPSA) is 46.6 Å². The molecule has 0 aromatic heterocycles. The molecule has 0 heterocycles. The maximum Gasteiger partial charge on any atom is 0.416 e. The van der Waals surface area contributed by atoms with Crippen molar-refractivity contribution >= 4 is 33.7 Å². The normalized spacial score (nSPS) is 17.3. The summed E-state index contributed by atoms with van der Waals surface area (Å²) in [6.07, 6.45) is -1.85. The van der Waals surface area contributed by atoms with E-state index in [9.17, 15) is 22.8 Å². The summed E-state index contributed by atoms with van der Waals surface area (Å²) in [7, 11) is 1.61.